The Morgan fingerprint density at radius 3 is 1.72 bits per heavy atom. The maximum atomic E-state index is 4.73. The van der Waals surface area contributed by atoms with E-state index < -0.39 is 0 Å². The van der Waals surface area contributed by atoms with Crippen LogP contribution in [0.5, 0.6) is 0 Å². The first-order valence-electron chi connectivity index (χ1n) is 10.8. The van der Waals surface area contributed by atoms with Gasteiger partial charge in [0.25, 0.3) is 0 Å². The molecule has 6 nitrogen and oxygen atoms in total. The predicted octanol–water partition coefficient (Wildman–Crippen LogP) is 6.15. The van der Waals surface area contributed by atoms with Crippen molar-refractivity contribution in [2.24, 2.45) is 0 Å². The van der Waals surface area contributed by atoms with E-state index in [0.29, 0.717) is 5.92 Å². The number of nitrogens with one attached hydrogen (secondary N) is 2. The highest BCUT2D eigenvalue weighted by molar-refractivity contribution is 6.23. The quantitative estimate of drug-likeness (QED) is 0.338. The van der Waals surface area contributed by atoms with Crippen LogP contribution in [0, 0.1) is 6.92 Å². The van der Waals surface area contributed by atoms with Gasteiger partial charge in [0.15, 0.2) is 0 Å². The summed E-state index contributed by atoms with van der Waals surface area (Å²) >= 11 is 0. The lowest BCUT2D eigenvalue weighted by Crippen LogP contribution is -1.91. The minimum Gasteiger partial charge on any atom is -0.342 e. The predicted molar refractivity (Wildman–Crippen MR) is 129 cm³/mol. The summed E-state index contributed by atoms with van der Waals surface area (Å²) in [6.07, 6.45) is 7.29. The molecule has 156 valence electrons. The minimum absolute atomic E-state index is 0.354. The monoisotopic (exact) mass is 418 g/mol. The third-order valence-electron chi connectivity index (χ3n) is 6.01. The first-order chi connectivity index (χ1) is 15.6. The zero-order chi connectivity index (χ0) is 21.8. The van der Waals surface area contributed by atoms with Crippen LogP contribution in [-0.4, -0.2) is 29.9 Å². The number of rotatable bonds is 3. The molecule has 0 amide bonds. The van der Waals surface area contributed by atoms with Crippen LogP contribution in [0.1, 0.15) is 31.4 Å². The number of hydrogen-bond acceptors (Lipinski definition) is 4. The Morgan fingerprint density at radius 1 is 0.656 bits per heavy atom. The highest BCUT2D eigenvalue weighted by atomic mass is 14.9. The third-order valence-corrected chi connectivity index (χ3v) is 6.01. The molecule has 3 heterocycles. The molecule has 32 heavy (non-hydrogen) atoms. The average molecular weight is 419 g/mol. The summed E-state index contributed by atoms with van der Waals surface area (Å²) in [5, 5.41) is 4.49. The highest BCUT2D eigenvalue weighted by Crippen LogP contribution is 2.37. The number of aromatic nitrogens is 6. The van der Waals surface area contributed by atoms with Crippen LogP contribution in [0.2, 0.25) is 0 Å². The van der Waals surface area contributed by atoms with Gasteiger partial charge in [-0.25, -0.2) is 9.97 Å². The molecule has 0 aliphatic rings. The standard InChI is InChI=1S/C26H22N6/c1-14(2)26-30-13-23(32-26)17-5-7-19-18-6-4-16(22-12-29-15(3)31-22)10-20(18)24-25(21(19)11-17)28-9-8-27-24/h4-14H,1-3H3,(H,29,31)(H,30,32). The molecule has 0 spiro atoms. The van der Waals surface area contributed by atoms with Crippen LogP contribution in [-0.2, 0) is 0 Å². The second kappa shape index (κ2) is 6.99. The van der Waals surface area contributed by atoms with Gasteiger partial charge in [-0.05, 0) is 29.8 Å². The molecule has 0 unspecified atom stereocenters. The van der Waals surface area contributed by atoms with Crippen LogP contribution in [0.15, 0.2) is 61.2 Å². The number of fused-ring (bicyclic) bond motifs is 6. The molecular formula is C26H22N6. The zero-order valence-corrected chi connectivity index (χ0v) is 18.1. The van der Waals surface area contributed by atoms with Crippen LogP contribution in [0.25, 0.3) is 55.1 Å². The molecule has 3 aromatic carbocycles. The van der Waals surface area contributed by atoms with Crippen molar-refractivity contribution in [3.8, 4) is 22.5 Å². The molecule has 0 fully saturated rings. The SMILES string of the molecule is Cc1ncc(-c2ccc3c4ccc(-c5cnc(C(C)C)[nH]5)cc4c4nccnc4c3c2)[nH]1. The van der Waals surface area contributed by atoms with Gasteiger partial charge in [-0.15, -0.1) is 0 Å². The molecule has 6 aromatic rings. The Balaban J connectivity index is 1.62. The average Bonchev–Trinajstić information content (AvgIpc) is 3.48. The lowest BCUT2D eigenvalue weighted by atomic mass is 9.95. The van der Waals surface area contributed by atoms with Crippen molar-refractivity contribution >= 4 is 32.6 Å². The van der Waals surface area contributed by atoms with Crippen LogP contribution < -0.4 is 0 Å². The van der Waals surface area contributed by atoms with E-state index in [-0.39, 0.29) is 0 Å². The molecule has 3 aromatic heterocycles. The maximum Gasteiger partial charge on any atom is 0.109 e. The summed E-state index contributed by atoms with van der Waals surface area (Å²) in [6, 6.07) is 13.0. The molecule has 0 saturated carbocycles. The van der Waals surface area contributed by atoms with E-state index in [1.165, 1.54) is 0 Å². The zero-order valence-electron chi connectivity index (χ0n) is 18.1. The van der Waals surface area contributed by atoms with Gasteiger partial charge in [0.2, 0.25) is 0 Å². The van der Waals surface area contributed by atoms with Gasteiger partial charge in [-0.1, -0.05) is 38.1 Å². The van der Waals surface area contributed by atoms with Gasteiger partial charge in [-0.3, -0.25) is 9.97 Å². The number of H-pyrrole nitrogens is 2. The van der Waals surface area contributed by atoms with Crippen LogP contribution in [0.3, 0.4) is 0 Å². The number of benzene rings is 3. The molecule has 0 aliphatic carbocycles. The van der Waals surface area contributed by atoms with Crippen molar-refractivity contribution in [3.63, 3.8) is 0 Å². The van der Waals surface area contributed by atoms with Crippen molar-refractivity contribution in [1.29, 1.82) is 0 Å². The summed E-state index contributed by atoms with van der Waals surface area (Å²) in [4.78, 5) is 25.1. The van der Waals surface area contributed by atoms with Gasteiger partial charge < -0.3 is 9.97 Å². The van der Waals surface area contributed by atoms with E-state index >= 15 is 0 Å². The third kappa shape index (κ3) is 2.87. The highest BCUT2D eigenvalue weighted by Gasteiger charge is 2.14. The molecular weight excluding hydrogens is 396 g/mol. The fourth-order valence-electron chi connectivity index (χ4n) is 4.36. The Morgan fingerprint density at radius 2 is 1.22 bits per heavy atom. The molecule has 0 saturated heterocycles. The molecule has 0 aliphatic heterocycles. The van der Waals surface area contributed by atoms with Gasteiger partial charge in [0, 0.05) is 40.2 Å². The summed E-state index contributed by atoms with van der Waals surface area (Å²) in [7, 11) is 0. The van der Waals surface area contributed by atoms with Crippen molar-refractivity contribution in [3.05, 3.63) is 72.8 Å². The molecule has 0 radical (unpaired) electrons. The van der Waals surface area contributed by atoms with Gasteiger partial charge in [0.1, 0.15) is 11.6 Å². The number of aryl methyl sites for hydroxylation is 1. The van der Waals surface area contributed by atoms with Crippen molar-refractivity contribution in [1.82, 2.24) is 29.9 Å². The Hall–Kier alpha value is -4.06. The smallest absolute Gasteiger partial charge is 0.109 e. The Labute approximate surface area is 184 Å². The lowest BCUT2D eigenvalue weighted by molar-refractivity contribution is 0.795. The summed E-state index contributed by atoms with van der Waals surface area (Å²) < 4.78 is 0. The summed E-state index contributed by atoms with van der Waals surface area (Å²) in [6.45, 7) is 6.23. The minimum atomic E-state index is 0.354. The van der Waals surface area contributed by atoms with E-state index in [9.17, 15) is 0 Å². The first kappa shape index (κ1) is 18.7. The lowest BCUT2D eigenvalue weighted by Gasteiger charge is -2.11. The second-order valence-electron chi connectivity index (χ2n) is 8.49. The Kier molecular flexibility index (Phi) is 4.08. The Bertz CT molecular complexity index is 1600. The van der Waals surface area contributed by atoms with Gasteiger partial charge in [0.05, 0.1) is 34.8 Å². The number of nitrogens with zero attached hydrogens (tertiary/aromatic N) is 4. The summed E-state index contributed by atoms with van der Waals surface area (Å²) in [5.41, 5.74) is 5.98. The van der Waals surface area contributed by atoms with E-state index in [0.717, 1.165) is 66.7 Å². The second-order valence-corrected chi connectivity index (χ2v) is 8.49. The van der Waals surface area contributed by atoms with Gasteiger partial charge in [-0.2, -0.15) is 0 Å². The molecule has 0 bridgehead atoms. The van der Waals surface area contributed by atoms with Crippen LogP contribution in [0.4, 0.5) is 0 Å². The van der Waals surface area contributed by atoms with Crippen molar-refractivity contribution in [2.45, 2.75) is 26.7 Å². The molecule has 0 atom stereocenters. The van der Waals surface area contributed by atoms with Crippen molar-refractivity contribution < 1.29 is 0 Å². The largest absolute Gasteiger partial charge is 0.342 e. The molecule has 6 rings (SSSR count). The van der Waals surface area contributed by atoms with E-state index in [1.54, 1.807) is 12.4 Å². The van der Waals surface area contributed by atoms with E-state index in [2.05, 4.69) is 70.2 Å². The molecule has 2 N–H and O–H groups in total. The van der Waals surface area contributed by atoms with Crippen molar-refractivity contribution in [2.75, 3.05) is 0 Å². The van der Waals surface area contributed by atoms with Crippen LogP contribution >= 0.6 is 0 Å². The summed E-state index contributed by atoms with van der Waals surface area (Å²) in [5.74, 6) is 2.24. The maximum absolute atomic E-state index is 4.73. The normalized spacial score (nSPS) is 11.9. The first-order valence-corrected chi connectivity index (χ1v) is 10.8. The molecule has 6 heteroatoms. The fourth-order valence-corrected chi connectivity index (χ4v) is 4.36. The van der Waals surface area contributed by atoms with E-state index in [4.69, 9.17) is 9.97 Å². The van der Waals surface area contributed by atoms with Gasteiger partial charge >= 0.3 is 0 Å². The number of hydrogen-bond donors (Lipinski definition) is 2. The fraction of sp³-hybridized carbons (Fsp3) is 0.154. The number of aromatic amines is 2. The number of imidazole rings is 2. The topological polar surface area (TPSA) is 83.1 Å². The van der Waals surface area contributed by atoms with E-state index in [1.807, 2.05) is 19.3 Å².